The van der Waals surface area contributed by atoms with Gasteiger partial charge < -0.3 is 4.90 Å². The summed E-state index contributed by atoms with van der Waals surface area (Å²) < 4.78 is 1.32. The first kappa shape index (κ1) is 14.0. The van der Waals surface area contributed by atoms with Crippen LogP contribution in [0, 0.1) is 0 Å². The summed E-state index contributed by atoms with van der Waals surface area (Å²) >= 11 is 0. The van der Waals surface area contributed by atoms with E-state index in [0.717, 1.165) is 5.56 Å². The van der Waals surface area contributed by atoms with Crippen molar-refractivity contribution in [1.82, 2.24) is 14.5 Å². The van der Waals surface area contributed by atoms with Crippen LogP contribution < -0.4 is 5.56 Å². The first-order valence-electron chi connectivity index (χ1n) is 6.53. The number of rotatable bonds is 5. The largest absolute Gasteiger partial charge is 0.337 e. The van der Waals surface area contributed by atoms with Gasteiger partial charge in [0.25, 0.3) is 5.56 Å². The fourth-order valence-electron chi connectivity index (χ4n) is 1.92. The molecule has 0 aliphatic rings. The number of aromatic nitrogens is 2. The first-order chi connectivity index (χ1) is 9.70. The summed E-state index contributed by atoms with van der Waals surface area (Å²) in [6.45, 7) is 3.09. The summed E-state index contributed by atoms with van der Waals surface area (Å²) in [6, 6.07) is 11.1. The number of amides is 1. The van der Waals surface area contributed by atoms with E-state index in [2.05, 4.69) is 4.98 Å². The van der Waals surface area contributed by atoms with Crippen molar-refractivity contribution in [3.63, 3.8) is 0 Å². The summed E-state index contributed by atoms with van der Waals surface area (Å²) in [7, 11) is 0. The Bertz CT molecular complexity index is 622. The number of hydrogen-bond acceptors (Lipinski definition) is 3. The van der Waals surface area contributed by atoms with Gasteiger partial charge in [-0.25, -0.2) is 4.98 Å². The third-order valence-electron chi connectivity index (χ3n) is 3.05. The molecule has 20 heavy (non-hydrogen) atoms. The molecule has 5 heteroatoms. The highest BCUT2D eigenvalue weighted by Gasteiger charge is 2.13. The Kier molecular flexibility index (Phi) is 4.65. The predicted molar refractivity (Wildman–Crippen MR) is 76.0 cm³/mol. The lowest BCUT2D eigenvalue weighted by atomic mass is 10.2. The van der Waals surface area contributed by atoms with E-state index in [0.29, 0.717) is 13.1 Å². The fraction of sp³-hybridized carbons (Fsp3) is 0.267. The van der Waals surface area contributed by atoms with Crippen LogP contribution >= 0.6 is 0 Å². The molecule has 1 amide bonds. The summed E-state index contributed by atoms with van der Waals surface area (Å²) in [5.74, 6) is -0.0912. The number of likely N-dealkylation sites (N-methyl/N-ethyl adjacent to an activating group) is 1. The zero-order chi connectivity index (χ0) is 14.4. The van der Waals surface area contributed by atoms with Crippen LogP contribution in [0.1, 0.15) is 12.5 Å². The van der Waals surface area contributed by atoms with Gasteiger partial charge in [-0.1, -0.05) is 30.3 Å². The SMILES string of the molecule is CCN(Cc1ccccc1)C(=O)Cn1cnccc1=O. The van der Waals surface area contributed by atoms with Gasteiger partial charge in [-0.05, 0) is 12.5 Å². The first-order valence-corrected chi connectivity index (χ1v) is 6.53. The highest BCUT2D eigenvalue weighted by Crippen LogP contribution is 2.05. The van der Waals surface area contributed by atoms with Gasteiger partial charge in [0.2, 0.25) is 5.91 Å². The van der Waals surface area contributed by atoms with Crippen molar-refractivity contribution in [2.75, 3.05) is 6.54 Å². The molecule has 0 radical (unpaired) electrons. The standard InChI is InChI=1S/C15H17N3O2/c1-2-17(10-13-6-4-3-5-7-13)15(20)11-18-12-16-9-8-14(18)19/h3-9,12H,2,10-11H2,1H3. The molecule has 1 aromatic carbocycles. The topological polar surface area (TPSA) is 55.2 Å². The van der Waals surface area contributed by atoms with E-state index < -0.39 is 0 Å². The number of nitrogens with zero attached hydrogens (tertiary/aromatic N) is 3. The average molecular weight is 271 g/mol. The lowest BCUT2D eigenvalue weighted by Crippen LogP contribution is -2.35. The quantitative estimate of drug-likeness (QED) is 0.823. The van der Waals surface area contributed by atoms with Crippen LogP contribution in [0.2, 0.25) is 0 Å². The van der Waals surface area contributed by atoms with E-state index in [4.69, 9.17) is 0 Å². The molecule has 0 atom stereocenters. The molecule has 0 N–H and O–H groups in total. The number of hydrogen-bond donors (Lipinski definition) is 0. The lowest BCUT2D eigenvalue weighted by Gasteiger charge is -2.21. The third kappa shape index (κ3) is 3.54. The highest BCUT2D eigenvalue weighted by molar-refractivity contribution is 5.75. The molecule has 1 aromatic heterocycles. The van der Waals surface area contributed by atoms with Gasteiger partial charge in [-0.3, -0.25) is 14.2 Å². The van der Waals surface area contributed by atoms with Crippen molar-refractivity contribution in [2.45, 2.75) is 20.0 Å². The Morgan fingerprint density at radius 2 is 2.00 bits per heavy atom. The summed E-state index contributed by atoms with van der Waals surface area (Å²) in [4.78, 5) is 29.4. The summed E-state index contributed by atoms with van der Waals surface area (Å²) in [5.41, 5.74) is 0.852. The smallest absolute Gasteiger partial charge is 0.253 e. The van der Waals surface area contributed by atoms with E-state index in [-0.39, 0.29) is 18.0 Å². The summed E-state index contributed by atoms with van der Waals surface area (Å²) in [5, 5.41) is 0. The zero-order valence-corrected chi connectivity index (χ0v) is 11.4. The molecule has 0 aliphatic heterocycles. The molecule has 0 spiro atoms. The van der Waals surface area contributed by atoms with Crippen LogP contribution in [0.3, 0.4) is 0 Å². The number of carbonyl (C=O) groups excluding carboxylic acids is 1. The molecule has 2 aromatic rings. The van der Waals surface area contributed by atoms with Gasteiger partial charge in [0.05, 0.1) is 6.33 Å². The van der Waals surface area contributed by atoms with Crippen LogP contribution in [-0.2, 0) is 17.9 Å². The van der Waals surface area contributed by atoms with E-state index >= 15 is 0 Å². The van der Waals surface area contributed by atoms with Crippen molar-refractivity contribution in [1.29, 1.82) is 0 Å². The van der Waals surface area contributed by atoms with Gasteiger partial charge in [0, 0.05) is 25.4 Å². The lowest BCUT2D eigenvalue weighted by molar-refractivity contribution is -0.132. The molecular weight excluding hydrogens is 254 g/mol. The maximum Gasteiger partial charge on any atom is 0.253 e. The minimum Gasteiger partial charge on any atom is -0.337 e. The Morgan fingerprint density at radius 1 is 1.25 bits per heavy atom. The maximum atomic E-state index is 12.2. The number of benzene rings is 1. The van der Waals surface area contributed by atoms with Crippen molar-refractivity contribution >= 4 is 5.91 Å². The van der Waals surface area contributed by atoms with Crippen LogP contribution in [0.4, 0.5) is 0 Å². The van der Waals surface area contributed by atoms with E-state index in [1.165, 1.54) is 23.2 Å². The summed E-state index contributed by atoms with van der Waals surface area (Å²) in [6.07, 6.45) is 2.81. The molecule has 1 heterocycles. The second kappa shape index (κ2) is 6.65. The molecule has 2 rings (SSSR count). The Morgan fingerprint density at radius 3 is 2.65 bits per heavy atom. The molecule has 0 saturated carbocycles. The van der Waals surface area contributed by atoms with Crippen molar-refractivity contribution in [2.24, 2.45) is 0 Å². The van der Waals surface area contributed by atoms with Crippen LogP contribution in [0.15, 0.2) is 53.7 Å². The van der Waals surface area contributed by atoms with E-state index in [1.54, 1.807) is 4.90 Å². The monoisotopic (exact) mass is 271 g/mol. The van der Waals surface area contributed by atoms with Gasteiger partial charge >= 0.3 is 0 Å². The van der Waals surface area contributed by atoms with E-state index in [9.17, 15) is 9.59 Å². The van der Waals surface area contributed by atoms with Gasteiger partial charge in [-0.2, -0.15) is 0 Å². The third-order valence-corrected chi connectivity index (χ3v) is 3.05. The minimum atomic E-state index is -0.218. The van der Waals surface area contributed by atoms with Gasteiger partial charge in [-0.15, -0.1) is 0 Å². The second-order valence-corrected chi connectivity index (χ2v) is 4.44. The van der Waals surface area contributed by atoms with Gasteiger partial charge in [0.1, 0.15) is 6.54 Å². The van der Waals surface area contributed by atoms with Crippen molar-refractivity contribution in [3.8, 4) is 0 Å². The van der Waals surface area contributed by atoms with Crippen molar-refractivity contribution in [3.05, 3.63) is 64.8 Å². The highest BCUT2D eigenvalue weighted by atomic mass is 16.2. The van der Waals surface area contributed by atoms with E-state index in [1.807, 2.05) is 37.3 Å². The Labute approximate surface area is 117 Å². The molecule has 0 fully saturated rings. The van der Waals surface area contributed by atoms with Crippen LogP contribution in [0.25, 0.3) is 0 Å². The predicted octanol–water partition coefficient (Wildman–Crippen LogP) is 1.29. The normalized spacial score (nSPS) is 10.2. The average Bonchev–Trinajstić information content (AvgIpc) is 2.48. The molecule has 0 aliphatic carbocycles. The number of carbonyl (C=O) groups is 1. The molecule has 0 saturated heterocycles. The Hall–Kier alpha value is -2.43. The second-order valence-electron chi connectivity index (χ2n) is 4.44. The Balaban J connectivity index is 2.06. The molecule has 104 valence electrons. The van der Waals surface area contributed by atoms with Crippen LogP contribution in [0.5, 0.6) is 0 Å². The maximum absolute atomic E-state index is 12.2. The molecular formula is C15H17N3O2. The molecule has 5 nitrogen and oxygen atoms in total. The molecule has 0 unspecified atom stereocenters. The van der Waals surface area contributed by atoms with Gasteiger partial charge in [0.15, 0.2) is 0 Å². The molecule has 0 bridgehead atoms. The van der Waals surface area contributed by atoms with Crippen LogP contribution in [-0.4, -0.2) is 26.9 Å². The minimum absolute atomic E-state index is 0.0212. The zero-order valence-electron chi connectivity index (χ0n) is 11.4. The fourth-order valence-corrected chi connectivity index (χ4v) is 1.92. The van der Waals surface area contributed by atoms with Crippen molar-refractivity contribution < 1.29 is 4.79 Å².